The number of rotatable bonds is 2. The van der Waals surface area contributed by atoms with E-state index in [9.17, 15) is 4.79 Å². The minimum Gasteiger partial charge on any atom is -0.332 e. The molecule has 1 atom stereocenters. The van der Waals surface area contributed by atoms with Gasteiger partial charge in [-0.25, -0.2) is 9.67 Å². The molecule has 2 aromatic heterocycles. The summed E-state index contributed by atoms with van der Waals surface area (Å²) in [7, 11) is 0. The summed E-state index contributed by atoms with van der Waals surface area (Å²) in [5.41, 5.74) is 0.465. The van der Waals surface area contributed by atoms with Gasteiger partial charge in [0.2, 0.25) is 0 Å². The van der Waals surface area contributed by atoms with E-state index in [1.165, 1.54) is 0 Å². The van der Waals surface area contributed by atoms with Crippen LogP contribution in [0.4, 0.5) is 0 Å². The third kappa shape index (κ3) is 3.76. The van der Waals surface area contributed by atoms with E-state index >= 15 is 0 Å². The van der Waals surface area contributed by atoms with E-state index in [1.807, 2.05) is 36.2 Å². The largest absolute Gasteiger partial charge is 0.332 e. The van der Waals surface area contributed by atoms with Gasteiger partial charge >= 0.3 is 0 Å². The van der Waals surface area contributed by atoms with Gasteiger partial charge in [0.05, 0.1) is 0 Å². The predicted octanol–water partition coefficient (Wildman–Crippen LogP) is 1.54. The highest BCUT2D eigenvalue weighted by Crippen LogP contribution is 2.11. The minimum atomic E-state index is -0.0204. The second-order valence-corrected chi connectivity index (χ2v) is 4.88. The maximum Gasteiger partial charge on any atom is 0.272 e. The van der Waals surface area contributed by atoms with Crippen LogP contribution < -0.4 is 5.32 Å². The van der Waals surface area contributed by atoms with E-state index in [1.54, 1.807) is 16.9 Å². The number of aromatic nitrogens is 3. The molecule has 0 aliphatic carbocycles. The van der Waals surface area contributed by atoms with Gasteiger partial charge in [0.1, 0.15) is 5.69 Å². The average Bonchev–Trinajstić information content (AvgIpc) is 3.01. The molecule has 1 saturated heterocycles. The van der Waals surface area contributed by atoms with Gasteiger partial charge in [0, 0.05) is 38.1 Å². The zero-order valence-corrected chi connectivity index (χ0v) is 13.8. The van der Waals surface area contributed by atoms with Gasteiger partial charge in [0.25, 0.3) is 5.91 Å². The molecule has 22 heavy (non-hydrogen) atoms. The van der Waals surface area contributed by atoms with Gasteiger partial charge in [-0.3, -0.25) is 4.79 Å². The normalized spacial score (nSPS) is 17.3. The molecule has 3 rings (SSSR count). The molecule has 1 N–H and O–H groups in total. The third-order valence-corrected chi connectivity index (χ3v) is 3.45. The molecule has 1 fully saturated rings. The molecule has 1 amide bonds. The van der Waals surface area contributed by atoms with E-state index in [4.69, 9.17) is 0 Å². The Bertz CT molecular complexity index is 605. The number of pyridine rings is 1. The molecule has 0 saturated carbocycles. The number of halogens is 2. The highest BCUT2D eigenvalue weighted by Gasteiger charge is 2.25. The predicted molar refractivity (Wildman–Crippen MR) is 89.2 cm³/mol. The fourth-order valence-electron chi connectivity index (χ4n) is 2.36. The summed E-state index contributed by atoms with van der Waals surface area (Å²) < 4.78 is 1.65. The molecule has 2 aromatic rings. The van der Waals surface area contributed by atoms with Crippen molar-refractivity contribution in [3.63, 3.8) is 0 Å². The van der Waals surface area contributed by atoms with Gasteiger partial charge < -0.3 is 10.2 Å². The molecule has 1 aliphatic heterocycles. The van der Waals surface area contributed by atoms with Crippen molar-refractivity contribution < 1.29 is 4.79 Å². The average molecular weight is 344 g/mol. The van der Waals surface area contributed by atoms with Crippen LogP contribution in [0.2, 0.25) is 0 Å². The fourth-order valence-corrected chi connectivity index (χ4v) is 2.36. The van der Waals surface area contributed by atoms with Crippen LogP contribution in [0.1, 0.15) is 17.4 Å². The van der Waals surface area contributed by atoms with Gasteiger partial charge in [-0.15, -0.1) is 24.8 Å². The van der Waals surface area contributed by atoms with Crippen molar-refractivity contribution in [1.82, 2.24) is 25.0 Å². The Balaban J connectivity index is 0.00000121. The standard InChI is InChI=1S/C14H17N5O.2ClH/c1-11-10-15-7-9-18(11)14(20)12-4-2-5-13(17-12)19-8-3-6-16-19;;/h2-6,8,11,15H,7,9-10H2,1H3;2*1H/t11-;;/m0../s1. The third-order valence-electron chi connectivity index (χ3n) is 3.45. The molecular weight excluding hydrogens is 325 g/mol. The maximum absolute atomic E-state index is 12.5. The van der Waals surface area contributed by atoms with Gasteiger partial charge in [-0.05, 0) is 25.1 Å². The van der Waals surface area contributed by atoms with Gasteiger partial charge in [0.15, 0.2) is 5.82 Å². The molecule has 0 bridgehead atoms. The van der Waals surface area contributed by atoms with Crippen LogP contribution in [0.5, 0.6) is 0 Å². The lowest BCUT2D eigenvalue weighted by Crippen LogP contribution is -2.52. The SMILES string of the molecule is C[C@H]1CNCCN1C(=O)c1cccc(-n2cccn2)n1.Cl.Cl. The lowest BCUT2D eigenvalue weighted by Gasteiger charge is -2.33. The second kappa shape index (κ2) is 8.12. The first-order chi connectivity index (χ1) is 9.75. The number of carbonyl (C=O) groups is 1. The number of hydrogen-bond donors (Lipinski definition) is 1. The molecule has 0 aromatic carbocycles. The van der Waals surface area contributed by atoms with Crippen LogP contribution in [0.15, 0.2) is 36.7 Å². The maximum atomic E-state index is 12.5. The number of nitrogens with zero attached hydrogens (tertiary/aromatic N) is 4. The zero-order valence-electron chi connectivity index (χ0n) is 12.2. The van der Waals surface area contributed by atoms with Crippen molar-refractivity contribution >= 4 is 30.7 Å². The Morgan fingerprint density at radius 3 is 2.82 bits per heavy atom. The summed E-state index contributed by atoms with van der Waals surface area (Å²) in [5.74, 6) is 0.636. The smallest absolute Gasteiger partial charge is 0.272 e. The van der Waals surface area contributed by atoms with E-state index in [0.29, 0.717) is 18.1 Å². The van der Waals surface area contributed by atoms with Crippen LogP contribution in [0.25, 0.3) is 5.82 Å². The number of hydrogen-bond acceptors (Lipinski definition) is 4. The summed E-state index contributed by atoms with van der Waals surface area (Å²) in [6.45, 7) is 4.41. The first-order valence-electron chi connectivity index (χ1n) is 6.74. The summed E-state index contributed by atoms with van der Waals surface area (Å²) in [6, 6.07) is 7.44. The molecule has 1 aliphatic rings. The van der Waals surface area contributed by atoms with E-state index in [2.05, 4.69) is 15.4 Å². The Labute approximate surface area is 141 Å². The van der Waals surface area contributed by atoms with Gasteiger partial charge in [-0.1, -0.05) is 6.07 Å². The van der Waals surface area contributed by atoms with Crippen molar-refractivity contribution in [3.05, 3.63) is 42.4 Å². The monoisotopic (exact) mass is 343 g/mol. The van der Waals surface area contributed by atoms with Crippen molar-refractivity contribution in [2.24, 2.45) is 0 Å². The molecule has 6 nitrogen and oxygen atoms in total. The molecule has 0 spiro atoms. The Kier molecular flexibility index (Phi) is 6.80. The van der Waals surface area contributed by atoms with Crippen molar-refractivity contribution in [3.8, 4) is 5.82 Å². The van der Waals surface area contributed by atoms with Crippen molar-refractivity contribution in [2.45, 2.75) is 13.0 Å². The highest BCUT2D eigenvalue weighted by molar-refractivity contribution is 5.92. The van der Waals surface area contributed by atoms with Crippen LogP contribution in [-0.4, -0.2) is 51.2 Å². The van der Waals surface area contributed by atoms with Crippen LogP contribution in [0.3, 0.4) is 0 Å². The summed E-state index contributed by atoms with van der Waals surface area (Å²) in [6.07, 6.45) is 3.50. The number of piperazine rings is 1. The topological polar surface area (TPSA) is 63.1 Å². The summed E-state index contributed by atoms with van der Waals surface area (Å²) >= 11 is 0. The molecule has 120 valence electrons. The first kappa shape index (κ1) is 18.4. The van der Waals surface area contributed by atoms with Crippen molar-refractivity contribution in [2.75, 3.05) is 19.6 Å². The molecule has 0 unspecified atom stereocenters. The van der Waals surface area contributed by atoms with Crippen LogP contribution >= 0.6 is 24.8 Å². The van der Waals surface area contributed by atoms with Crippen molar-refractivity contribution in [1.29, 1.82) is 0 Å². The molecular formula is C14H19Cl2N5O. The number of carbonyl (C=O) groups excluding carboxylic acids is 1. The minimum absolute atomic E-state index is 0. The Morgan fingerprint density at radius 1 is 1.32 bits per heavy atom. The summed E-state index contributed by atoms with van der Waals surface area (Å²) in [5, 5.41) is 7.41. The van der Waals surface area contributed by atoms with E-state index in [0.717, 1.165) is 13.1 Å². The number of amides is 1. The quantitative estimate of drug-likeness (QED) is 0.898. The zero-order chi connectivity index (χ0) is 13.9. The number of nitrogens with one attached hydrogen (secondary N) is 1. The Hall–Kier alpha value is -1.63. The highest BCUT2D eigenvalue weighted by atomic mass is 35.5. The van der Waals surface area contributed by atoms with E-state index < -0.39 is 0 Å². The molecule has 0 radical (unpaired) electrons. The van der Waals surface area contributed by atoms with Crippen LogP contribution in [0, 0.1) is 0 Å². The second-order valence-electron chi connectivity index (χ2n) is 4.88. The lowest BCUT2D eigenvalue weighted by molar-refractivity contribution is 0.0649. The first-order valence-corrected chi connectivity index (χ1v) is 6.74. The Morgan fingerprint density at radius 2 is 2.14 bits per heavy atom. The van der Waals surface area contributed by atoms with E-state index in [-0.39, 0.29) is 36.8 Å². The summed E-state index contributed by atoms with van der Waals surface area (Å²) in [4.78, 5) is 18.8. The lowest BCUT2D eigenvalue weighted by atomic mass is 10.2. The fraction of sp³-hybridized carbons (Fsp3) is 0.357. The molecule has 8 heteroatoms. The van der Waals surface area contributed by atoms with Crippen LogP contribution in [-0.2, 0) is 0 Å². The molecule has 3 heterocycles. The van der Waals surface area contributed by atoms with Gasteiger partial charge in [-0.2, -0.15) is 5.10 Å².